The van der Waals surface area contributed by atoms with Crippen molar-refractivity contribution in [1.29, 1.82) is 0 Å². The molecule has 1 aliphatic heterocycles. The predicted octanol–water partition coefficient (Wildman–Crippen LogP) is 2.26. The monoisotopic (exact) mass is 127 g/mol. The summed E-state index contributed by atoms with van der Waals surface area (Å²) in [7, 11) is 0. The first kappa shape index (κ1) is 5.89. The van der Waals surface area contributed by atoms with Crippen molar-refractivity contribution < 1.29 is 0 Å². The molecule has 1 unspecified atom stereocenters. The van der Waals surface area contributed by atoms with Crippen molar-refractivity contribution in [3.8, 4) is 0 Å². The minimum Gasteiger partial charge on any atom is -0.224 e. The van der Waals surface area contributed by atoms with Gasteiger partial charge in [-0.15, -0.1) is 0 Å². The van der Waals surface area contributed by atoms with Gasteiger partial charge in [-0.1, -0.05) is 13.0 Å². The predicted molar refractivity (Wildman–Crippen MR) is 39.0 cm³/mol. The number of rotatable bonds is 0. The van der Waals surface area contributed by atoms with Crippen molar-refractivity contribution >= 4 is 18.2 Å². The van der Waals surface area contributed by atoms with Crippen molar-refractivity contribution in [2.45, 2.75) is 13.8 Å². The molecule has 2 heteroatoms. The Kier molecular flexibility index (Phi) is 1.73. The fraction of sp³-hybridized carbons (Fsp3) is 0.500. The van der Waals surface area contributed by atoms with E-state index in [1.165, 1.54) is 4.91 Å². The highest BCUT2D eigenvalue weighted by Crippen LogP contribution is 2.21. The van der Waals surface area contributed by atoms with Crippen molar-refractivity contribution in [2.24, 2.45) is 10.3 Å². The quantitative estimate of drug-likeness (QED) is 0.455. The molecule has 0 saturated carbocycles. The summed E-state index contributed by atoms with van der Waals surface area (Å²) in [6.45, 7) is 4.21. The van der Waals surface area contributed by atoms with E-state index >= 15 is 0 Å². The van der Waals surface area contributed by atoms with Crippen molar-refractivity contribution in [3.63, 3.8) is 0 Å². The Labute approximate surface area is 54.0 Å². The summed E-state index contributed by atoms with van der Waals surface area (Å²) >= 11 is 1.55. The van der Waals surface area contributed by atoms with Crippen LogP contribution in [0.1, 0.15) is 13.8 Å². The first-order chi connectivity index (χ1) is 3.79. The van der Waals surface area contributed by atoms with Crippen LogP contribution in [0.3, 0.4) is 0 Å². The summed E-state index contributed by atoms with van der Waals surface area (Å²) in [5, 5.41) is 0. The molecule has 0 fully saturated rings. The molecule has 0 amide bonds. The summed E-state index contributed by atoms with van der Waals surface area (Å²) in [4.78, 5) is 1.31. The molecule has 0 aromatic carbocycles. The van der Waals surface area contributed by atoms with Crippen LogP contribution in [-0.2, 0) is 0 Å². The van der Waals surface area contributed by atoms with Crippen LogP contribution < -0.4 is 0 Å². The minimum absolute atomic E-state index is 0.538. The van der Waals surface area contributed by atoms with Gasteiger partial charge in [-0.2, -0.15) is 0 Å². The lowest BCUT2D eigenvalue weighted by molar-refractivity contribution is 1.02. The average Bonchev–Trinajstić information content (AvgIpc) is 1.64. The Morgan fingerprint density at radius 1 is 1.75 bits per heavy atom. The number of nitrogens with zero attached hydrogens (tertiary/aromatic N) is 1. The number of hydrogen-bond donors (Lipinski definition) is 0. The van der Waals surface area contributed by atoms with Gasteiger partial charge in [0.15, 0.2) is 0 Å². The third-order valence-corrected chi connectivity index (χ3v) is 1.64. The highest BCUT2D eigenvalue weighted by atomic mass is 32.2. The van der Waals surface area contributed by atoms with Gasteiger partial charge in [0.25, 0.3) is 0 Å². The molecule has 1 nitrogen and oxygen atoms in total. The first-order valence-electron chi connectivity index (χ1n) is 2.68. The third-order valence-electron chi connectivity index (χ3n) is 0.990. The van der Waals surface area contributed by atoms with Crippen LogP contribution >= 0.6 is 11.9 Å². The average molecular weight is 127 g/mol. The van der Waals surface area contributed by atoms with E-state index < -0.39 is 0 Å². The van der Waals surface area contributed by atoms with Crippen LogP contribution in [0.5, 0.6) is 0 Å². The van der Waals surface area contributed by atoms with Crippen LogP contribution in [0.25, 0.3) is 0 Å². The van der Waals surface area contributed by atoms with Gasteiger partial charge in [0.05, 0.1) is 0 Å². The topological polar surface area (TPSA) is 12.4 Å². The molecule has 0 N–H and O–H groups in total. The molecule has 0 aliphatic carbocycles. The summed E-state index contributed by atoms with van der Waals surface area (Å²) < 4.78 is 4.06. The standard InChI is InChI=1S/C6H9NS/c1-5-3-6(2)8-7-4-5/h3-5H,1-2H3. The van der Waals surface area contributed by atoms with Crippen LogP contribution in [0.2, 0.25) is 0 Å². The van der Waals surface area contributed by atoms with E-state index in [4.69, 9.17) is 0 Å². The van der Waals surface area contributed by atoms with Gasteiger partial charge >= 0.3 is 0 Å². The van der Waals surface area contributed by atoms with Gasteiger partial charge < -0.3 is 0 Å². The van der Waals surface area contributed by atoms with Crippen molar-refractivity contribution in [2.75, 3.05) is 0 Å². The molecular weight excluding hydrogens is 118 g/mol. The van der Waals surface area contributed by atoms with Gasteiger partial charge in [0.2, 0.25) is 0 Å². The van der Waals surface area contributed by atoms with E-state index in [-0.39, 0.29) is 0 Å². The molecule has 0 bridgehead atoms. The van der Waals surface area contributed by atoms with Crippen molar-refractivity contribution in [3.05, 3.63) is 11.0 Å². The molecule has 0 spiro atoms. The molecule has 1 atom stereocenters. The lowest BCUT2D eigenvalue weighted by Crippen LogP contribution is -1.93. The Morgan fingerprint density at radius 2 is 2.50 bits per heavy atom. The smallest absolute Gasteiger partial charge is 0.0196 e. The fourth-order valence-corrected chi connectivity index (χ4v) is 1.35. The van der Waals surface area contributed by atoms with E-state index in [2.05, 4.69) is 24.3 Å². The van der Waals surface area contributed by atoms with Gasteiger partial charge in [-0.05, 0) is 6.92 Å². The Morgan fingerprint density at radius 3 is 2.88 bits per heavy atom. The zero-order valence-corrected chi connectivity index (χ0v) is 5.90. The van der Waals surface area contributed by atoms with E-state index in [1.54, 1.807) is 11.9 Å². The number of allylic oxidation sites excluding steroid dienone is 2. The molecule has 0 aromatic heterocycles. The summed E-state index contributed by atoms with van der Waals surface area (Å²) in [6.07, 6.45) is 4.16. The molecule has 0 aromatic rings. The second kappa shape index (κ2) is 2.35. The summed E-state index contributed by atoms with van der Waals surface area (Å²) in [6, 6.07) is 0. The van der Waals surface area contributed by atoms with Crippen LogP contribution in [0.4, 0.5) is 0 Å². The van der Waals surface area contributed by atoms with E-state index in [0.29, 0.717) is 5.92 Å². The Balaban J connectivity index is 2.60. The SMILES string of the molecule is CC1=CC(C)C=NS1. The van der Waals surface area contributed by atoms with Crippen LogP contribution in [-0.4, -0.2) is 6.21 Å². The van der Waals surface area contributed by atoms with Gasteiger partial charge in [0, 0.05) is 29.0 Å². The summed E-state index contributed by atoms with van der Waals surface area (Å²) in [5.41, 5.74) is 0. The second-order valence-electron chi connectivity index (χ2n) is 1.98. The Bertz CT molecular complexity index is 137. The highest BCUT2D eigenvalue weighted by molar-refractivity contribution is 8.01. The maximum absolute atomic E-state index is 4.06. The largest absolute Gasteiger partial charge is 0.224 e. The highest BCUT2D eigenvalue weighted by Gasteiger charge is 1.99. The van der Waals surface area contributed by atoms with Gasteiger partial charge in [-0.3, -0.25) is 0 Å². The van der Waals surface area contributed by atoms with E-state index in [0.717, 1.165) is 0 Å². The van der Waals surface area contributed by atoms with Gasteiger partial charge in [-0.25, -0.2) is 4.40 Å². The summed E-state index contributed by atoms with van der Waals surface area (Å²) in [5.74, 6) is 0.538. The van der Waals surface area contributed by atoms with Crippen LogP contribution in [0, 0.1) is 5.92 Å². The Hall–Kier alpha value is -0.240. The first-order valence-corrected chi connectivity index (χ1v) is 3.45. The fourth-order valence-electron chi connectivity index (χ4n) is 0.653. The molecule has 44 valence electrons. The molecule has 1 heterocycles. The van der Waals surface area contributed by atoms with E-state index in [9.17, 15) is 0 Å². The van der Waals surface area contributed by atoms with E-state index in [1.807, 2.05) is 6.21 Å². The molecule has 0 saturated heterocycles. The zero-order chi connectivity index (χ0) is 5.98. The second-order valence-corrected chi connectivity index (χ2v) is 3.02. The molecular formula is C6H9NS. The van der Waals surface area contributed by atoms with Crippen molar-refractivity contribution in [1.82, 2.24) is 0 Å². The maximum Gasteiger partial charge on any atom is 0.0196 e. The molecule has 8 heavy (non-hydrogen) atoms. The molecule has 0 radical (unpaired) electrons. The van der Waals surface area contributed by atoms with Crippen LogP contribution in [0.15, 0.2) is 15.4 Å². The lowest BCUT2D eigenvalue weighted by atomic mass is 10.2. The maximum atomic E-state index is 4.06. The van der Waals surface area contributed by atoms with Gasteiger partial charge in [0.1, 0.15) is 0 Å². The minimum atomic E-state index is 0.538. The molecule has 1 rings (SSSR count). The molecule has 1 aliphatic rings. The lowest BCUT2D eigenvalue weighted by Gasteiger charge is -2.04. The number of hydrogen-bond acceptors (Lipinski definition) is 2. The third kappa shape index (κ3) is 1.37. The zero-order valence-electron chi connectivity index (χ0n) is 5.09. The normalized spacial score (nSPS) is 27.8.